The van der Waals surface area contributed by atoms with Gasteiger partial charge in [-0.2, -0.15) is 0 Å². The van der Waals surface area contributed by atoms with Crippen molar-refractivity contribution in [3.63, 3.8) is 0 Å². The van der Waals surface area contributed by atoms with E-state index < -0.39 is 18.0 Å². The lowest BCUT2D eigenvalue weighted by atomic mass is 10.2. The van der Waals surface area contributed by atoms with Crippen LogP contribution >= 0.6 is 0 Å². The van der Waals surface area contributed by atoms with Gasteiger partial charge in [0, 0.05) is 26.6 Å². The summed E-state index contributed by atoms with van der Waals surface area (Å²) in [4.78, 5) is 26.5. The predicted octanol–water partition coefficient (Wildman–Crippen LogP) is 0.526. The molecule has 20 heavy (non-hydrogen) atoms. The van der Waals surface area contributed by atoms with Crippen molar-refractivity contribution in [2.24, 2.45) is 0 Å². The molecule has 2 amide bonds. The standard InChI is InChI=1S/C12H19N3O5/c1-3-8-6-13-10(20-8)7-14-12(18)15-9(11(16)17)4-5-19-2/h6,9H,3-5,7H2,1-2H3,(H,16,17)(H2,14,15,18). The van der Waals surface area contributed by atoms with E-state index in [2.05, 4.69) is 15.6 Å². The van der Waals surface area contributed by atoms with Gasteiger partial charge in [0.15, 0.2) is 0 Å². The average Bonchev–Trinajstić information content (AvgIpc) is 2.88. The fourth-order valence-corrected chi connectivity index (χ4v) is 1.45. The number of nitrogens with one attached hydrogen (secondary N) is 2. The smallest absolute Gasteiger partial charge is 0.326 e. The highest BCUT2D eigenvalue weighted by molar-refractivity contribution is 5.82. The number of rotatable bonds is 8. The summed E-state index contributed by atoms with van der Waals surface area (Å²) >= 11 is 0. The monoisotopic (exact) mass is 285 g/mol. The molecule has 0 radical (unpaired) electrons. The number of carbonyl (C=O) groups is 2. The second kappa shape index (κ2) is 8.16. The van der Waals surface area contributed by atoms with Crippen LogP contribution in [0.3, 0.4) is 0 Å². The fourth-order valence-electron chi connectivity index (χ4n) is 1.45. The van der Waals surface area contributed by atoms with E-state index >= 15 is 0 Å². The third-order valence-corrected chi connectivity index (χ3v) is 2.56. The largest absolute Gasteiger partial charge is 0.480 e. The summed E-state index contributed by atoms with van der Waals surface area (Å²) in [6.07, 6.45) is 2.50. The van der Waals surface area contributed by atoms with Gasteiger partial charge in [-0.25, -0.2) is 14.6 Å². The van der Waals surface area contributed by atoms with Gasteiger partial charge in [-0.1, -0.05) is 6.92 Å². The lowest BCUT2D eigenvalue weighted by Crippen LogP contribution is -2.46. The first kappa shape index (κ1) is 16.0. The van der Waals surface area contributed by atoms with Crippen LogP contribution in [0.5, 0.6) is 0 Å². The maximum atomic E-state index is 11.6. The van der Waals surface area contributed by atoms with Gasteiger partial charge < -0.3 is 24.9 Å². The molecule has 0 aliphatic heterocycles. The number of aliphatic carboxylic acids is 1. The molecular formula is C12H19N3O5. The second-order valence-corrected chi connectivity index (χ2v) is 4.07. The maximum Gasteiger partial charge on any atom is 0.326 e. The van der Waals surface area contributed by atoms with E-state index in [1.807, 2.05) is 6.92 Å². The quantitative estimate of drug-likeness (QED) is 0.642. The summed E-state index contributed by atoms with van der Waals surface area (Å²) < 4.78 is 10.1. The van der Waals surface area contributed by atoms with Crippen molar-refractivity contribution in [2.75, 3.05) is 13.7 Å². The first-order valence-electron chi connectivity index (χ1n) is 6.26. The lowest BCUT2D eigenvalue weighted by Gasteiger charge is -2.14. The molecule has 1 heterocycles. The Balaban J connectivity index is 2.39. The molecule has 1 atom stereocenters. The van der Waals surface area contributed by atoms with Gasteiger partial charge in [0.2, 0.25) is 5.89 Å². The highest BCUT2D eigenvalue weighted by Gasteiger charge is 2.19. The number of methoxy groups -OCH3 is 1. The minimum absolute atomic E-state index is 0.0997. The SMILES string of the molecule is CCc1cnc(CNC(=O)NC(CCOC)C(=O)O)o1. The number of ether oxygens (including phenoxy) is 1. The molecule has 1 rings (SSSR count). The number of carboxylic acid groups (broad SMARTS) is 1. The summed E-state index contributed by atoms with van der Waals surface area (Å²) in [5.74, 6) is -0.00641. The third-order valence-electron chi connectivity index (χ3n) is 2.56. The number of aryl methyl sites for hydroxylation is 1. The normalized spacial score (nSPS) is 11.9. The highest BCUT2D eigenvalue weighted by Crippen LogP contribution is 2.03. The van der Waals surface area contributed by atoms with E-state index in [9.17, 15) is 9.59 Å². The molecule has 1 aromatic heterocycles. The van der Waals surface area contributed by atoms with Crippen molar-refractivity contribution in [3.8, 4) is 0 Å². The second-order valence-electron chi connectivity index (χ2n) is 4.07. The number of amides is 2. The first-order chi connectivity index (χ1) is 9.56. The van der Waals surface area contributed by atoms with Crippen LogP contribution in [0.15, 0.2) is 10.6 Å². The highest BCUT2D eigenvalue weighted by atomic mass is 16.5. The number of hydrogen-bond donors (Lipinski definition) is 3. The molecule has 0 aliphatic rings. The van der Waals surface area contributed by atoms with Crippen LogP contribution in [0.1, 0.15) is 25.0 Å². The zero-order valence-corrected chi connectivity index (χ0v) is 11.5. The molecule has 0 spiro atoms. The molecule has 8 nitrogen and oxygen atoms in total. The number of urea groups is 1. The van der Waals surface area contributed by atoms with Gasteiger partial charge in [-0.3, -0.25) is 0 Å². The summed E-state index contributed by atoms with van der Waals surface area (Å²) in [5, 5.41) is 13.8. The van der Waals surface area contributed by atoms with Crippen LogP contribution in [0.2, 0.25) is 0 Å². The summed E-state index contributed by atoms with van der Waals surface area (Å²) in [5.41, 5.74) is 0. The van der Waals surface area contributed by atoms with Crippen LogP contribution < -0.4 is 10.6 Å². The van der Waals surface area contributed by atoms with Gasteiger partial charge in [-0.05, 0) is 0 Å². The van der Waals surface area contributed by atoms with E-state index in [4.69, 9.17) is 14.3 Å². The molecule has 0 fully saturated rings. The number of carbonyl (C=O) groups excluding carboxylic acids is 1. The molecule has 0 saturated heterocycles. The zero-order chi connectivity index (χ0) is 15.0. The summed E-state index contributed by atoms with van der Waals surface area (Å²) in [6, 6.07) is -1.59. The van der Waals surface area contributed by atoms with Gasteiger partial charge in [0.1, 0.15) is 11.8 Å². The zero-order valence-electron chi connectivity index (χ0n) is 11.5. The van der Waals surface area contributed by atoms with Crippen LogP contribution in [0.25, 0.3) is 0 Å². The molecule has 1 aromatic rings. The van der Waals surface area contributed by atoms with Gasteiger partial charge in [-0.15, -0.1) is 0 Å². The molecule has 112 valence electrons. The molecule has 0 saturated carbocycles. The van der Waals surface area contributed by atoms with Crippen molar-refractivity contribution >= 4 is 12.0 Å². The van der Waals surface area contributed by atoms with Gasteiger partial charge in [0.25, 0.3) is 0 Å². The molecule has 3 N–H and O–H groups in total. The number of nitrogens with zero attached hydrogens (tertiary/aromatic N) is 1. The Labute approximate surface area is 116 Å². The Morgan fingerprint density at radius 3 is 2.85 bits per heavy atom. The van der Waals surface area contributed by atoms with Crippen LogP contribution in [0, 0.1) is 0 Å². The lowest BCUT2D eigenvalue weighted by molar-refractivity contribution is -0.139. The third kappa shape index (κ3) is 5.27. The topological polar surface area (TPSA) is 114 Å². The van der Waals surface area contributed by atoms with E-state index in [0.29, 0.717) is 5.89 Å². The average molecular weight is 285 g/mol. The van der Waals surface area contributed by atoms with E-state index in [-0.39, 0.29) is 19.6 Å². The Kier molecular flexibility index (Phi) is 6.51. The summed E-state index contributed by atoms with van der Waals surface area (Å²) in [7, 11) is 1.47. The molecule has 0 aromatic carbocycles. The Bertz CT molecular complexity index is 446. The number of carboxylic acids is 1. The molecule has 1 unspecified atom stereocenters. The van der Waals surface area contributed by atoms with E-state index in [1.165, 1.54) is 7.11 Å². The Morgan fingerprint density at radius 1 is 1.55 bits per heavy atom. The van der Waals surface area contributed by atoms with Gasteiger partial charge in [0.05, 0.1) is 12.7 Å². The minimum Gasteiger partial charge on any atom is -0.480 e. The van der Waals surface area contributed by atoms with Crippen LogP contribution in [-0.2, 0) is 22.5 Å². The van der Waals surface area contributed by atoms with E-state index in [1.54, 1.807) is 6.20 Å². The molecular weight excluding hydrogens is 266 g/mol. The van der Waals surface area contributed by atoms with Crippen molar-refractivity contribution in [2.45, 2.75) is 32.4 Å². The van der Waals surface area contributed by atoms with Crippen molar-refractivity contribution in [3.05, 3.63) is 17.8 Å². The minimum atomic E-state index is -1.11. The molecule has 8 heteroatoms. The maximum absolute atomic E-state index is 11.6. The van der Waals surface area contributed by atoms with E-state index in [0.717, 1.165) is 12.2 Å². The number of hydrogen-bond acceptors (Lipinski definition) is 5. The summed E-state index contributed by atoms with van der Waals surface area (Å²) in [6.45, 7) is 2.27. The fraction of sp³-hybridized carbons (Fsp3) is 0.583. The van der Waals surface area contributed by atoms with Crippen LogP contribution in [0.4, 0.5) is 4.79 Å². The number of oxazole rings is 1. The van der Waals surface area contributed by atoms with Crippen molar-refractivity contribution < 1.29 is 23.8 Å². The van der Waals surface area contributed by atoms with Crippen molar-refractivity contribution in [1.29, 1.82) is 0 Å². The predicted molar refractivity (Wildman–Crippen MR) is 69.2 cm³/mol. The first-order valence-corrected chi connectivity index (χ1v) is 6.26. The molecule has 0 bridgehead atoms. The van der Waals surface area contributed by atoms with Gasteiger partial charge >= 0.3 is 12.0 Å². The van der Waals surface area contributed by atoms with Crippen molar-refractivity contribution in [1.82, 2.24) is 15.6 Å². The van der Waals surface area contributed by atoms with Crippen LogP contribution in [-0.4, -0.2) is 41.8 Å². The Hall–Kier alpha value is -2.09. The number of aromatic nitrogens is 1. The Morgan fingerprint density at radius 2 is 2.30 bits per heavy atom. The molecule has 0 aliphatic carbocycles.